The van der Waals surface area contributed by atoms with Crippen molar-refractivity contribution in [2.75, 3.05) is 26.2 Å². The Morgan fingerprint density at radius 1 is 1.06 bits per heavy atom. The standard InChI is InChI=1S/C24H27N5O2/c1-17-21(18(2)27-24(31)22(17)15-26)8-9-23(30)29-11-3-10-28(12-13-29)16-20-6-4-19(14-25)5-7-20/h4-7H,3,8-13,16H2,1-2H3,(H,27,31). The number of aromatic nitrogens is 1. The summed E-state index contributed by atoms with van der Waals surface area (Å²) in [4.78, 5) is 31.7. The van der Waals surface area contributed by atoms with Crippen molar-refractivity contribution in [3.63, 3.8) is 0 Å². The fraction of sp³-hybridized carbons (Fsp3) is 0.417. The van der Waals surface area contributed by atoms with E-state index in [0.717, 1.165) is 49.4 Å². The molecule has 0 saturated carbocycles. The van der Waals surface area contributed by atoms with E-state index < -0.39 is 0 Å². The van der Waals surface area contributed by atoms with E-state index in [1.54, 1.807) is 6.92 Å². The van der Waals surface area contributed by atoms with E-state index in [-0.39, 0.29) is 17.0 Å². The molecule has 7 heteroatoms. The smallest absolute Gasteiger partial charge is 0.266 e. The minimum atomic E-state index is -0.373. The maximum atomic E-state index is 12.8. The zero-order valence-corrected chi connectivity index (χ0v) is 18.1. The minimum Gasteiger partial charge on any atom is -0.341 e. The van der Waals surface area contributed by atoms with Crippen molar-refractivity contribution < 1.29 is 4.79 Å². The van der Waals surface area contributed by atoms with Crippen LogP contribution < -0.4 is 5.56 Å². The van der Waals surface area contributed by atoms with Gasteiger partial charge in [-0.2, -0.15) is 10.5 Å². The highest BCUT2D eigenvalue weighted by Crippen LogP contribution is 2.16. The molecule has 0 spiro atoms. The summed E-state index contributed by atoms with van der Waals surface area (Å²) >= 11 is 0. The monoisotopic (exact) mass is 417 g/mol. The number of carbonyl (C=O) groups excluding carboxylic acids is 1. The van der Waals surface area contributed by atoms with Crippen LogP contribution in [0, 0.1) is 36.5 Å². The molecule has 1 aromatic carbocycles. The number of nitriles is 2. The van der Waals surface area contributed by atoms with Gasteiger partial charge in [-0.15, -0.1) is 0 Å². The van der Waals surface area contributed by atoms with Gasteiger partial charge in [0.1, 0.15) is 11.6 Å². The Kier molecular flexibility index (Phi) is 7.23. The third-order valence-corrected chi connectivity index (χ3v) is 5.94. The summed E-state index contributed by atoms with van der Waals surface area (Å²) in [7, 11) is 0. The Hall–Kier alpha value is -3.42. The van der Waals surface area contributed by atoms with Crippen molar-refractivity contribution in [1.82, 2.24) is 14.8 Å². The molecule has 1 amide bonds. The number of aromatic amines is 1. The summed E-state index contributed by atoms with van der Waals surface area (Å²) in [6.07, 6.45) is 1.78. The molecule has 31 heavy (non-hydrogen) atoms. The fourth-order valence-corrected chi connectivity index (χ4v) is 4.13. The molecule has 2 aromatic rings. The Morgan fingerprint density at radius 2 is 1.81 bits per heavy atom. The molecule has 2 heterocycles. The number of rotatable bonds is 5. The van der Waals surface area contributed by atoms with Gasteiger partial charge in [-0.05, 0) is 55.5 Å². The van der Waals surface area contributed by atoms with E-state index in [1.165, 1.54) is 0 Å². The van der Waals surface area contributed by atoms with Crippen LogP contribution in [-0.4, -0.2) is 46.9 Å². The lowest BCUT2D eigenvalue weighted by atomic mass is 9.99. The Balaban J connectivity index is 1.57. The molecule has 0 bridgehead atoms. The van der Waals surface area contributed by atoms with Gasteiger partial charge in [-0.3, -0.25) is 14.5 Å². The van der Waals surface area contributed by atoms with E-state index in [9.17, 15) is 14.9 Å². The first-order chi connectivity index (χ1) is 14.9. The highest BCUT2D eigenvalue weighted by atomic mass is 16.2. The van der Waals surface area contributed by atoms with Gasteiger partial charge in [-0.25, -0.2) is 0 Å². The molecule has 0 unspecified atom stereocenters. The quantitative estimate of drug-likeness (QED) is 0.804. The molecule has 160 valence electrons. The van der Waals surface area contributed by atoms with Gasteiger partial charge in [0.05, 0.1) is 11.6 Å². The summed E-state index contributed by atoms with van der Waals surface area (Å²) in [6, 6.07) is 11.7. The number of hydrogen-bond donors (Lipinski definition) is 1. The van der Waals surface area contributed by atoms with Crippen molar-refractivity contribution in [2.45, 2.75) is 39.7 Å². The number of carbonyl (C=O) groups is 1. The minimum absolute atomic E-state index is 0.101. The van der Waals surface area contributed by atoms with E-state index in [1.807, 2.05) is 42.2 Å². The normalized spacial score (nSPS) is 14.5. The number of pyridine rings is 1. The molecule has 0 atom stereocenters. The largest absolute Gasteiger partial charge is 0.341 e. The number of amides is 1. The van der Waals surface area contributed by atoms with Gasteiger partial charge >= 0.3 is 0 Å². The Labute approximate surface area is 182 Å². The fourth-order valence-electron chi connectivity index (χ4n) is 4.13. The molecule has 7 nitrogen and oxygen atoms in total. The van der Waals surface area contributed by atoms with Crippen LogP contribution in [0.2, 0.25) is 0 Å². The topological polar surface area (TPSA) is 104 Å². The summed E-state index contributed by atoms with van der Waals surface area (Å²) < 4.78 is 0. The van der Waals surface area contributed by atoms with Gasteiger partial charge in [0.2, 0.25) is 5.91 Å². The summed E-state index contributed by atoms with van der Waals surface area (Å²) in [5.41, 5.74) is 3.84. The Bertz CT molecular complexity index is 1090. The second-order valence-corrected chi connectivity index (χ2v) is 7.99. The number of benzene rings is 1. The lowest BCUT2D eigenvalue weighted by Gasteiger charge is -2.22. The predicted molar refractivity (Wildman–Crippen MR) is 117 cm³/mol. The van der Waals surface area contributed by atoms with E-state index in [0.29, 0.717) is 30.5 Å². The van der Waals surface area contributed by atoms with Crippen LogP contribution in [0.4, 0.5) is 0 Å². The van der Waals surface area contributed by atoms with E-state index in [4.69, 9.17) is 5.26 Å². The first-order valence-corrected chi connectivity index (χ1v) is 10.5. The Morgan fingerprint density at radius 3 is 2.48 bits per heavy atom. The summed E-state index contributed by atoms with van der Waals surface area (Å²) in [5.74, 6) is 0.101. The van der Waals surface area contributed by atoms with Gasteiger partial charge in [0, 0.05) is 44.8 Å². The molecule has 0 aliphatic carbocycles. The first-order valence-electron chi connectivity index (χ1n) is 10.5. The molecule has 1 aliphatic heterocycles. The third-order valence-electron chi connectivity index (χ3n) is 5.94. The maximum Gasteiger partial charge on any atom is 0.266 e. The molecule has 0 radical (unpaired) electrons. The van der Waals surface area contributed by atoms with Gasteiger partial charge in [0.15, 0.2) is 0 Å². The lowest BCUT2D eigenvalue weighted by Crippen LogP contribution is -2.35. The number of nitrogens with zero attached hydrogens (tertiary/aromatic N) is 4. The van der Waals surface area contributed by atoms with E-state index >= 15 is 0 Å². The molecule has 1 aromatic heterocycles. The summed E-state index contributed by atoms with van der Waals surface area (Å²) in [5, 5.41) is 18.1. The van der Waals surface area contributed by atoms with Crippen molar-refractivity contribution in [3.05, 3.63) is 68.1 Å². The second-order valence-electron chi connectivity index (χ2n) is 7.99. The first kappa shape index (κ1) is 22.3. The SMILES string of the molecule is Cc1[nH]c(=O)c(C#N)c(C)c1CCC(=O)N1CCCN(Cc2ccc(C#N)cc2)CC1. The van der Waals surface area contributed by atoms with Crippen molar-refractivity contribution >= 4 is 5.91 Å². The number of aryl methyl sites for hydroxylation is 1. The number of H-pyrrole nitrogens is 1. The van der Waals surface area contributed by atoms with Crippen molar-refractivity contribution in [1.29, 1.82) is 10.5 Å². The zero-order valence-electron chi connectivity index (χ0n) is 18.1. The molecular weight excluding hydrogens is 390 g/mol. The highest BCUT2D eigenvalue weighted by molar-refractivity contribution is 5.76. The molecule has 3 rings (SSSR count). The van der Waals surface area contributed by atoms with Gasteiger partial charge in [-0.1, -0.05) is 12.1 Å². The number of hydrogen-bond acceptors (Lipinski definition) is 5. The van der Waals surface area contributed by atoms with Crippen LogP contribution in [0.25, 0.3) is 0 Å². The highest BCUT2D eigenvalue weighted by Gasteiger charge is 2.20. The molecule has 1 saturated heterocycles. The third kappa shape index (κ3) is 5.39. The lowest BCUT2D eigenvalue weighted by molar-refractivity contribution is -0.131. The van der Waals surface area contributed by atoms with Crippen LogP contribution in [-0.2, 0) is 17.8 Å². The van der Waals surface area contributed by atoms with Crippen LogP contribution in [0.5, 0.6) is 0 Å². The predicted octanol–water partition coefficient (Wildman–Crippen LogP) is 2.40. The van der Waals surface area contributed by atoms with Crippen LogP contribution in [0.3, 0.4) is 0 Å². The summed E-state index contributed by atoms with van der Waals surface area (Å²) in [6.45, 7) is 7.53. The van der Waals surface area contributed by atoms with Gasteiger partial charge < -0.3 is 9.88 Å². The zero-order chi connectivity index (χ0) is 22.4. The molecule has 1 aliphatic rings. The van der Waals surface area contributed by atoms with Crippen LogP contribution in [0.15, 0.2) is 29.1 Å². The average molecular weight is 418 g/mol. The van der Waals surface area contributed by atoms with Crippen LogP contribution >= 0.6 is 0 Å². The molecule has 1 fully saturated rings. The van der Waals surface area contributed by atoms with E-state index in [2.05, 4.69) is 16.0 Å². The average Bonchev–Trinajstić information content (AvgIpc) is 2.99. The number of nitrogens with one attached hydrogen (secondary N) is 1. The van der Waals surface area contributed by atoms with Gasteiger partial charge in [0.25, 0.3) is 5.56 Å². The van der Waals surface area contributed by atoms with Crippen molar-refractivity contribution in [2.24, 2.45) is 0 Å². The van der Waals surface area contributed by atoms with Crippen molar-refractivity contribution in [3.8, 4) is 12.1 Å². The molecular formula is C24H27N5O2. The van der Waals surface area contributed by atoms with Crippen LogP contribution in [0.1, 0.15) is 46.4 Å². The maximum absolute atomic E-state index is 12.8. The second kappa shape index (κ2) is 10.1. The molecule has 1 N–H and O–H groups in total.